The highest BCUT2D eigenvalue weighted by molar-refractivity contribution is 6.03. The van der Waals surface area contributed by atoms with Crippen molar-refractivity contribution in [1.29, 1.82) is 0 Å². The van der Waals surface area contributed by atoms with E-state index in [4.69, 9.17) is 0 Å². The second kappa shape index (κ2) is 6.78. The average Bonchev–Trinajstić information content (AvgIpc) is 3.00. The molecule has 0 unspecified atom stereocenters. The maximum atomic E-state index is 12.2. The predicted octanol–water partition coefficient (Wildman–Crippen LogP) is 2.60. The molecule has 0 saturated heterocycles. The summed E-state index contributed by atoms with van der Waals surface area (Å²) in [5, 5.41) is 18.3. The molecule has 1 heterocycles. The summed E-state index contributed by atoms with van der Waals surface area (Å²) in [5.41, 5.74) is 1.22. The van der Waals surface area contributed by atoms with E-state index in [-0.39, 0.29) is 11.9 Å². The molecule has 2 aromatic rings. The van der Waals surface area contributed by atoms with Gasteiger partial charge in [0.05, 0.1) is 11.7 Å². The number of carbonyl (C=O) groups excluding carboxylic acids is 1. The van der Waals surface area contributed by atoms with Crippen LogP contribution in [0.3, 0.4) is 0 Å². The fourth-order valence-corrected chi connectivity index (χ4v) is 2.89. The molecule has 1 aromatic carbocycles. The van der Waals surface area contributed by atoms with Crippen LogP contribution >= 0.6 is 0 Å². The highest BCUT2D eigenvalue weighted by Gasteiger charge is 2.20. The number of hydroxylamine groups is 1. The van der Waals surface area contributed by atoms with E-state index in [1.165, 1.54) is 22.5 Å². The Balaban J connectivity index is 1.66. The zero-order chi connectivity index (χ0) is 16.2. The topological polar surface area (TPSA) is 83.3 Å². The molecule has 0 spiro atoms. The number of carbonyl (C=O) groups is 1. The Morgan fingerprint density at radius 1 is 1.26 bits per heavy atom. The van der Waals surface area contributed by atoms with E-state index in [9.17, 15) is 10.0 Å². The van der Waals surface area contributed by atoms with E-state index in [0.29, 0.717) is 17.2 Å². The smallest absolute Gasteiger partial charge is 0.258 e. The van der Waals surface area contributed by atoms with Crippen molar-refractivity contribution < 1.29 is 10.0 Å². The summed E-state index contributed by atoms with van der Waals surface area (Å²) < 4.78 is 1.49. The van der Waals surface area contributed by atoms with Crippen molar-refractivity contribution in [3.63, 3.8) is 0 Å². The molecule has 1 aliphatic carbocycles. The molecule has 1 aromatic heterocycles. The van der Waals surface area contributed by atoms with Crippen molar-refractivity contribution in [3.05, 3.63) is 36.2 Å². The van der Waals surface area contributed by atoms with E-state index in [0.717, 1.165) is 25.7 Å². The third kappa shape index (κ3) is 3.50. The van der Waals surface area contributed by atoms with Crippen molar-refractivity contribution in [2.75, 3.05) is 10.4 Å². The zero-order valence-corrected chi connectivity index (χ0v) is 13.1. The second-order valence-corrected chi connectivity index (χ2v) is 5.84. The van der Waals surface area contributed by atoms with Crippen LogP contribution in [-0.2, 0) is 7.05 Å². The Morgan fingerprint density at radius 3 is 2.57 bits per heavy atom. The molecule has 1 amide bonds. The Morgan fingerprint density at radius 2 is 1.96 bits per heavy atom. The SMILES string of the molecule is Cn1ncnc1NC(=O)c1ccc(N(O)C2CCCCC2)cc1. The molecule has 0 aliphatic heterocycles. The fraction of sp³-hybridized carbons (Fsp3) is 0.438. The van der Waals surface area contributed by atoms with Gasteiger partial charge in [0.2, 0.25) is 5.95 Å². The summed E-state index contributed by atoms with van der Waals surface area (Å²) in [6.07, 6.45) is 6.94. The van der Waals surface area contributed by atoms with Gasteiger partial charge in [0, 0.05) is 12.6 Å². The number of benzene rings is 1. The van der Waals surface area contributed by atoms with Gasteiger partial charge in [-0.3, -0.25) is 20.4 Å². The number of aryl methyl sites for hydroxylation is 1. The lowest BCUT2D eigenvalue weighted by Gasteiger charge is -2.30. The largest absolute Gasteiger partial charge is 0.291 e. The number of nitrogens with zero attached hydrogens (tertiary/aromatic N) is 4. The summed E-state index contributed by atoms with van der Waals surface area (Å²) in [4.78, 5) is 16.1. The summed E-state index contributed by atoms with van der Waals surface area (Å²) in [6.45, 7) is 0. The second-order valence-electron chi connectivity index (χ2n) is 5.84. The van der Waals surface area contributed by atoms with Gasteiger partial charge < -0.3 is 0 Å². The van der Waals surface area contributed by atoms with Crippen molar-refractivity contribution in [1.82, 2.24) is 14.8 Å². The molecule has 1 fully saturated rings. The molecule has 2 N–H and O–H groups in total. The lowest BCUT2D eigenvalue weighted by molar-refractivity contribution is 0.102. The van der Waals surface area contributed by atoms with Crippen LogP contribution in [0.2, 0.25) is 0 Å². The van der Waals surface area contributed by atoms with Gasteiger partial charge in [-0.15, -0.1) is 0 Å². The lowest BCUT2D eigenvalue weighted by Crippen LogP contribution is -2.33. The Labute approximate surface area is 134 Å². The lowest BCUT2D eigenvalue weighted by atomic mass is 9.95. The molecule has 7 heteroatoms. The zero-order valence-electron chi connectivity index (χ0n) is 13.1. The third-order valence-corrected chi connectivity index (χ3v) is 4.25. The predicted molar refractivity (Wildman–Crippen MR) is 86.5 cm³/mol. The van der Waals surface area contributed by atoms with Crippen LogP contribution in [0.25, 0.3) is 0 Å². The minimum Gasteiger partial charge on any atom is -0.291 e. The van der Waals surface area contributed by atoms with Gasteiger partial charge in [-0.1, -0.05) is 19.3 Å². The molecule has 1 saturated carbocycles. The Hall–Kier alpha value is -2.41. The van der Waals surface area contributed by atoms with Gasteiger partial charge in [0.1, 0.15) is 6.33 Å². The van der Waals surface area contributed by atoms with Crippen molar-refractivity contribution in [2.45, 2.75) is 38.1 Å². The molecule has 7 nitrogen and oxygen atoms in total. The highest BCUT2D eigenvalue weighted by Crippen LogP contribution is 2.26. The third-order valence-electron chi connectivity index (χ3n) is 4.25. The monoisotopic (exact) mass is 315 g/mol. The van der Waals surface area contributed by atoms with Crippen LogP contribution in [0.15, 0.2) is 30.6 Å². The van der Waals surface area contributed by atoms with E-state index in [1.54, 1.807) is 31.3 Å². The highest BCUT2D eigenvalue weighted by atomic mass is 16.5. The van der Waals surface area contributed by atoms with Crippen molar-refractivity contribution in [2.24, 2.45) is 7.05 Å². The van der Waals surface area contributed by atoms with E-state index >= 15 is 0 Å². The van der Waals surface area contributed by atoms with Crippen molar-refractivity contribution in [3.8, 4) is 0 Å². The standard InChI is InChI=1S/C16H21N5O2/c1-20-16(17-11-18-20)19-15(22)12-7-9-14(10-8-12)21(23)13-5-3-2-4-6-13/h7-11,13,23H,2-6H2,1H3,(H,17,18,19,22). The molecule has 0 atom stereocenters. The van der Waals surface area contributed by atoms with Gasteiger partial charge in [-0.25, -0.2) is 4.68 Å². The number of anilines is 2. The first-order valence-corrected chi connectivity index (χ1v) is 7.88. The molecular formula is C16H21N5O2. The summed E-state index contributed by atoms with van der Waals surface area (Å²) in [5.74, 6) is 0.139. The summed E-state index contributed by atoms with van der Waals surface area (Å²) in [6, 6.07) is 7.10. The van der Waals surface area contributed by atoms with Gasteiger partial charge in [0.15, 0.2) is 0 Å². The van der Waals surface area contributed by atoms with Gasteiger partial charge in [-0.05, 0) is 37.1 Å². The van der Waals surface area contributed by atoms with Crippen LogP contribution in [0.5, 0.6) is 0 Å². The van der Waals surface area contributed by atoms with Gasteiger partial charge >= 0.3 is 0 Å². The average molecular weight is 315 g/mol. The maximum absolute atomic E-state index is 12.2. The molecule has 1 aliphatic rings. The van der Waals surface area contributed by atoms with Gasteiger partial charge in [-0.2, -0.15) is 10.1 Å². The molecule has 122 valence electrons. The molecule has 23 heavy (non-hydrogen) atoms. The molecule has 3 rings (SSSR count). The quantitative estimate of drug-likeness (QED) is 0.847. The first kappa shape index (κ1) is 15.5. The number of amides is 1. The number of hydrogen-bond acceptors (Lipinski definition) is 5. The number of nitrogens with one attached hydrogen (secondary N) is 1. The normalized spacial score (nSPS) is 15.4. The minimum atomic E-state index is -0.255. The number of rotatable bonds is 4. The summed E-state index contributed by atoms with van der Waals surface area (Å²) >= 11 is 0. The van der Waals surface area contributed by atoms with Crippen LogP contribution in [0.1, 0.15) is 42.5 Å². The van der Waals surface area contributed by atoms with E-state index in [1.807, 2.05) is 0 Å². The first-order chi connectivity index (χ1) is 11.1. The van der Waals surface area contributed by atoms with Crippen LogP contribution in [0.4, 0.5) is 11.6 Å². The van der Waals surface area contributed by atoms with E-state index < -0.39 is 0 Å². The Bertz CT molecular complexity index is 661. The minimum absolute atomic E-state index is 0.169. The van der Waals surface area contributed by atoms with E-state index in [2.05, 4.69) is 15.4 Å². The number of hydrogen-bond donors (Lipinski definition) is 2. The van der Waals surface area contributed by atoms with Gasteiger partial charge in [0.25, 0.3) is 5.91 Å². The van der Waals surface area contributed by atoms with Crippen LogP contribution in [0, 0.1) is 0 Å². The first-order valence-electron chi connectivity index (χ1n) is 7.88. The maximum Gasteiger partial charge on any atom is 0.258 e. The van der Waals surface area contributed by atoms with Crippen molar-refractivity contribution >= 4 is 17.5 Å². The van der Waals surface area contributed by atoms with Crippen LogP contribution in [-0.4, -0.2) is 31.9 Å². The Kier molecular flexibility index (Phi) is 4.57. The molecule has 0 radical (unpaired) electrons. The van der Waals surface area contributed by atoms with Crippen LogP contribution < -0.4 is 10.4 Å². The molecule has 0 bridgehead atoms. The number of aromatic nitrogens is 3. The summed E-state index contributed by atoms with van der Waals surface area (Å²) in [7, 11) is 1.71. The molecular weight excluding hydrogens is 294 g/mol. The fourth-order valence-electron chi connectivity index (χ4n) is 2.89.